The summed E-state index contributed by atoms with van der Waals surface area (Å²) < 4.78 is 2.06. The number of guanidine groups is 1. The number of nitrogens with zero attached hydrogens (tertiary/aromatic N) is 5. The Morgan fingerprint density at radius 1 is 1.30 bits per heavy atom. The van der Waals surface area contributed by atoms with E-state index in [0.717, 1.165) is 70.1 Å². The number of carbonyl (C=O) groups is 1. The molecule has 2 N–H and O–H groups in total. The average Bonchev–Trinajstić information content (AvgIpc) is 3.16. The third-order valence-corrected chi connectivity index (χ3v) is 5.36. The number of amides is 1. The summed E-state index contributed by atoms with van der Waals surface area (Å²) in [5, 5.41) is 14.9. The minimum absolute atomic E-state index is 0.176. The Bertz CT molecular complexity index is 601. The molecule has 8 heteroatoms. The van der Waals surface area contributed by atoms with Crippen LogP contribution in [0.5, 0.6) is 0 Å². The van der Waals surface area contributed by atoms with Crippen molar-refractivity contribution in [2.24, 2.45) is 10.9 Å². The van der Waals surface area contributed by atoms with E-state index < -0.39 is 0 Å². The Labute approximate surface area is 162 Å². The van der Waals surface area contributed by atoms with Crippen LogP contribution in [0.4, 0.5) is 0 Å². The number of nitrogens with one attached hydrogen (secondary N) is 2. The first-order chi connectivity index (χ1) is 13.1. The molecule has 0 aliphatic carbocycles. The van der Waals surface area contributed by atoms with E-state index in [1.165, 1.54) is 0 Å². The molecule has 0 spiro atoms. The van der Waals surface area contributed by atoms with Crippen LogP contribution in [0.2, 0.25) is 0 Å². The van der Waals surface area contributed by atoms with Crippen LogP contribution in [0.1, 0.15) is 52.3 Å². The average molecular weight is 378 g/mol. The number of hydrogen-bond acceptors (Lipinski definition) is 4. The number of piperidine rings is 1. The van der Waals surface area contributed by atoms with Gasteiger partial charge in [0.25, 0.3) is 0 Å². The molecule has 1 aliphatic rings. The number of aliphatic imine (C=N–C) groups is 1. The molecule has 1 fully saturated rings. The third kappa shape index (κ3) is 5.94. The predicted octanol–water partition coefficient (Wildman–Crippen LogP) is 1.43. The zero-order valence-corrected chi connectivity index (χ0v) is 17.2. The minimum Gasteiger partial charge on any atom is -0.355 e. The van der Waals surface area contributed by atoms with Crippen LogP contribution in [0.15, 0.2) is 11.3 Å². The Kier molecular flexibility index (Phi) is 8.54. The van der Waals surface area contributed by atoms with Crippen LogP contribution in [0.25, 0.3) is 0 Å². The molecule has 0 aromatic carbocycles. The first-order valence-corrected chi connectivity index (χ1v) is 10.2. The number of carbonyl (C=O) groups excluding carboxylic acids is 1. The Morgan fingerprint density at radius 2 is 2.00 bits per heavy atom. The van der Waals surface area contributed by atoms with Crippen LogP contribution in [-0.4, -0.2) is 64.3 Å². The Morgan fingerprint density at radius 3 is 2.59 bits per heavy atom. The van der Waals surface area contributed by atoms with Crippen LogP contribution in [0.3, 0.4) is 0 Å². The summed E-state index contributed by atoms with van der Waals surface area (Å²) in [5.74, 6) is 2.30. The van der Waals surface area contributed by atoms with Gasteiger partial charge in [-0.1, -0.05) is 20.8 Å². The quantitative estimate of drug-likeness (QED) is 0.529. The van der Waals surface area contributed by atoms with Gasteiger partial charge in [0, 0.05) is 51.6 Å². The lowest BCUT2D eigenvalue weighted by molar-refractivity contribution is -0.136. The van der Waals surface area contributed by atoms with Gasteiger partial charge >= 0.3 is 0 Å². The van der Waals surface area contributed by atoms with Crippen molar-refractivity contribution in [3.8, 4) is 0 Å². The fraction of sp³-hybridized carbons (Fsp3) is 0.789. The summed E-state index contributed by atoms with van der Waals surface area (Å²) in [6.45, 7) is 9.48. The largest absolute Gasteiger partial charge is 0.355 e. The van der Waals surface area contributed by atoms with E-state index in [0.29, 0.717) is 11.9 Å². The second-order valence-corrected chi connectivity index (χ2v) is 7.05. The molecule has 1 aromatic rings. The fourth-order valence-electron chi connectivity index (χ4n) is 3.56. The highest BCUT2D eigenvalue weighted by molar-refractivity contribution is 5.80. The molecule has 1 amide bonds. The van der Waals surface area contributed by atoms with E-state index in [2.05, 4.69) is 51.2 Å². The van der Waals surface area contributed by atoms with Crippen LogP contribution in [0, 0.1) is 5.92 Å². The first kappa shape index (κ1) is 21.2. The molecule has 0 unspecified atom stereocenters. The van der Waals surface area contributed by atoms with Gasteiger partial charge in [0.05, 0.1) is 0 Å². The molecule has 0 saturated carbocycles. The van der Waals surface area contributed by atoms with Crippen molar-refractivity contribution < 1.29 is 4.79 Å². The van der Waals surface area contributed by atoms with E-state index >= 15 is 0 Å². The van der Waals surface area contributed by atoms with Crippen molar-refractivity contribution in [2.45, 2.75) is 65.5 Å². The molecule has 2 heterocycles. The van der Waals surface area contributed by atoms with E-state index in [9.17, 15) is 4.79 Å². The molecule has 0 atom stereocenters. The number of rotatable bonds is 8. The van der Waals surface area contributed by atoms with Crippen molar-refractivity contribution in [3.63, 3.8) is 0 Å². The number of likely N-dealkylation sites (tertiary alicyclic amines) is 1. The van der Waals surface area contributed by atoms with Crippen molar-refractivity contribution in [3.05, 3.63) is 12.2 Å². The highest BCUT2D eigenvalue weighted by Gasteiger charge is 2.26. The molecule has 1 aromatic heterocycles. The summed E-state index contributed by atoms with van der Waals surface area (Å²) in [7, 11) is 1.79. The maximum atomic E-state index is 12.5. The summed E-state index contributed by atoms with van der Waals surface area (Å²) >= 11 is 0. The molecule has 2 rings (SSSR count). The lowest BCUT2D eigenvalue weighted by atomic mass is 9.98. The Balaban J connectivity index is 1.73. The van der Waals surface area contributed by atoms with Crippen molar-refractivity contribution >= 4 is 11.9 Å². The van der Waals surface area contributed by atoms with Gasteiger partial charge in [-0.05, 0) is 25.7 Å². The molecule has 8 nitrogen and oxygen atoms in total. The molecular weight excluding hydrogens is 342 g/mol. The lowest BCUT2D eigenvalue weighted by Crippen LogP contribution is -2.50. The van der Waals surface area contributed by atoms with Gasteiger partial charge in [-0.15, -0.1) is 10.2 Å². The first-order valence-electron chi connectivity index (χ1n) is 10.2. The Hall–Kier alpha value is -2.12. The summed E-state index contributed by atoms with van der Waals surface area (Å²) in [6.07, 6.45) is 6.41. The third-order valence-electron chi connectivity index (χ3n) is 5.36. The fourth-order valence-corrected chi connectivity index (χ4v) is 3.56. The zero-order valence-electron chi connectivity index (χ0n) is 17.2. The highest BCUT2D eigenvalue weighted by atomic mass is 16.2. The smallest absolute Gasteiger partial charge is 0.225 e. The maximum Gasteiger partial charge on any atom is 0.225 e. The number of aromatic nitrogens is 3. The summed E-state index contributed by atoms with van der Waals surface area (Å²) in [6, 6.07) is 0.350. The second kappa shape index (κ2) is 10.9. The van der Waals surface area contributed by atoms with Gasteiger partial charge in [0.2, 0.25) is 5.91 Å². The standard InChI is InChI=1S/C19H35N7O/c1-5-15(6-2)18(27)25-11-8-16(9-12-25)23-19(20-4)21-10-13-26-14-22-24-17(26)7-3/h14-16H,5-13H2,1-4H3,(H2,20,21,23). The SMILES string of the molecule is CCc1nncn1CCNC(=NC)NC1CCN(C(=O)C(CC)CC)CC1. The van der Waals surface area contributed by atoms with Crippen LogP contribution in [-0.2, 0) is 17.8 Å². The molecule has 27 heavy (non-hydrogen) atoms. The van der Waals surface area contributed by atoms with Gasteiger partial charge in [-0.25, -0.2) is 0 Å². The summed E-state index contributed by atoms with van der Waals surface area (Å²) in [5.41, 5.74) is 0. The van der Waals surface area contributed by atoms with E-state index in [-0.39, 0.29) is 5.92 Å². The predicted molar refractivity (Wildman–Crippen MR) is 108 cm³/mol. The van der Waals surface area contributed by atoms with Gasteiger partial charge in [0.15, 0.2) is 5.96 Å². The van der Waals surface area contributed by atoms with E-state index in [4.69, 9.17) is 0 Å². The van der Waals surface area contributed by atoms with Crippen LogP contribution >= 0.6 is 0 Å². The topological polar surface area (TPSA) is 87.4 Å². The second-order valence-electron chi connectivity index (χ2n) is 7.05. The van der Waals surface area contributed by atoms with Crippen molar-refractivity contribution in [2.75, 3.05) is 26.7 Å². The minimum atomic E-state index is 0.176. The van der Waals surface area contributed by atoms with Crippen LogP contribution < -0.4 is 10.6 Å². The van der Waals surface area contributed by atoms with Crippen molar-refractivity contribution in [1.82, 2.24) is 30.3 Å². The van der Waals surface area contributed by atoms with E-state index in [1.54, 1.807) is 13.4 Å². The lowest BCUT2D eigenvalue weighted by Gasteiger charge is -2.34. The van der Waals surface area contributed by atoms with Gasteiger partial charge < -0.3 is 20.1 Å². The molecule has 0 radical (unpaired) electrons. The monoisotopic (exact) mass is 377 g/mol. The normalized spacial score (nSPS) is 16.0. The molecule has 152 valence electrons. The van der Waals surface area contributed by atoms with Gasteiger partial charge in [-0.3, -0.25) is 9.79 Å². The highest BCUT2D eigenvalue weighted by Crippen LogP contribution is 2.17. The van der Waals surface area contributed by atoms with E-state index in [1.807, 2.05) is 4.90 Å². The van der Waals surface area contributed by atoms with Gasteiger partial charge in [0.1, 0.15) is 12.2 Å². The zero-order chi connectivity index (χ0) is 19.6. The van der Waals surface area contributed by atoms with Crippen molar-refractivity contribution in [1.29, 1.82) is 0 Å². The van der Waals surface area contributed by atoms with Gasteiger partial charge in [-0.2, -0.15) is 0 Å². The number of hydrogen-bond donors (Lipinski definition) is 2. The maximum absolute atomic E-state index is 12.5. The number of aryl methyl sites for hydroxylation is 1. The molecular formula is C19H35N7O. The molecule has 1 saturated heterocycles. The summed E-state index contributed by atoms with van der Waals surface area (Å²) in [4.78, 5) is 18.9. The molecule has 1 aliphatic heterocycles. The molecule has 0 bridgehead atoms.